The summed E-state index contributed by atoms with van der Waals surface area (Å²) in [6.07, 6.45) is 4.27. The number of hydrogen-bond acceptors (Lipinski definition) is 4. The molecule has 3 nitrogen and oxygen atoms in total. The van der Waals surface area contributed by atoms with Gasteiger partial charge in [0.25, 0.3) is 0 Å². The molecule has 2 N–H and O–H groups in total. The van der Waals surface area contributed by atoms with Crippen LogP contribution in [0.3, 0.4) is 0 Å². The summed E-state index contributed by atoms with van der Waals surface area (Å²) < 4.78 is 0. The van der Waals surface area contributed by atoms with E-state index in [1.807, 2.05) is 6.92 Å². The summed E-state index contributed by atoms with van der Waals surface area (Å²) in [5, 5.41) is 1.30. The van der Waals surface area contributed by atoms with Gasteiger partial charge in [-0.15, -0.1) is 11.3 Å². The molecule has 0 spiro atoms. The molecule has 2 heterocycles. The Kier molecular flexibility index (Phi) is 4.00. The molecule has 1 aromatic rings. The van der Waals surface area contributed by atoms with Crippen molar-refractivity contribution in [3.63, 3.8) is 0 Å². The number of anilines is 2. The first kappa shape index (κ1) is 14.9. The zero-order valence-electron chi connectivity index (χ0n) is 13.3. The van der Waals surface area contributed by atoms with Crippen LogP contribution in [-0.4, -0.2) is 18.9 Å². The Morgan fingerprint density at radius 3 is 2.62 bits per heavy atom. The molecule has 1 atom stereocenters. The predicted molar refractivity (Wildman–Crippen MR) is 90.5 cm³/mol. The van der Waals surface area contributed by atoms with Gasteiger partial charge in [-0.25, -0.2) is 0 Å². The molecule has 1 aliphatic carbocycles. The average molecular weight is 306 g/mol. The molecule has 0 radical (unpaired) electrons. The van der Waals surface area contributed by atoms with Crippen LogP contribution in [-0.2, 0) is 0 Å². The number of nitrogens with two attached hydrogens (primary N) is 1. The molecule has 0 aromatic carbocycles. The van der Waals surface area contributed by atoms with Gasteiger partial charge in [0.05, 0.1) is 15.6 Å². The largest absolute Gasteiger partial charge is 0.397 e. The van der Waals surface area contributed by atoms with Crippen molar-refractivity contribution in [3.8, 4) is 0 Å². The van der Waals surface area contributed by atoms with E-state index in [0.717, 1.165) is 35.5 Å². The molecular formula is C17H26N2OS. The maximum atomic E-state index is 12.1. The molecule has 0 amide bonds. The number of nitrogens with zero attached hydrogens (tertiary/aromatic N) is 1. The van der Waals surface area contributed by atoms with Crippen molar-refractivity contribution in [3.05, 3.63) is 10.4 Å². The molecule has 1 aromatic heterocycles. The Hall–Kier alpha value is -1.03. The van der Waals surface area contributed by atoms with Gasteiger partial charge in [0.2, 0.25) is 0 Å². The number of ketones is 1. The Morgan fingerprint density at radius 2 is 2.10 bits per heavy atom. The van der Waals surface area contributed by atoms with Crippen molar-refractivity contribution in [2.45, 2.75) is 52.4 Å². The third-order valence-corrected chi connectivity index (χ3v) is 6.30. The van der Waals surface area contributed by atoms with Gasteiger partial charge in [-0.3, -0.25) is 4.79 Å². The summed E-state index contributed by atoms with van der Waals surface area (Å²) in [6, 6.07) is 0. The lowest BCUT2D eigenvalue weighted by atomic mass is 9.95. The van der Waals surface area contributed by atoms with Crippen molar-refractivity contribution < 1.29 is 4.79 Å². The first-order valence-electron chi connectivity index (χ1n) is 8.23. The fourth-order valence-corrected chi connectivity index (χ4v) is 4.68. The molecule has 3 rings (SSSR count). The molecule has 1 saturated heterocycles. The first-order chi connectivity index (χ1) is 10.0. The summed E-state index contributed by atoms with van der Waals surface area (Å²) in [4.78, 5) is 15.4. The number of hydrogen-bond donors (Lipinski definition) is 1. The Labute approximate surface area is 131 Å². The maximum absolute atomic E-state index is 12.1. The van der Waals surface area contributed by atoms with E-state index in [1.165, 1.54) is 29.8 Å². The molecule has 116 valence electrons. The van der Waals surface area contributed by atoms with E-state index in [2.05, 4.69) is 18.7 Å². The van der Waals surface area contributed by atoms with Crippen molar-refractivity contribution in [2.75, 3.05) is 23.7 Å². The van der Waals surface area contributed by atoms with Crippen LogP contribution < -0.4 is 10.6 Å². The van der Waals surface area contributed by atoms with E-state index in [9.17, 15) is 4.79 Å². The van der Waals surface area contributed by atoms with E-state index in [-0.39, 0.29) is 5.78 Å². The molecule has 1 aliphatic heterocycles. The lowest BCUT2D eigenvalue weighted by Crippen LogP contribution is -2.21. The van der Waals surface area contributed by atoms with Crippen molar-refractivity contribution in [1.82, 2.24) is 0 Å². The predicted octanol–water partition coefficient (Wildman–Crippen LogP) is 4.28. The number of carbonyl (C=O) groups is 1. The number of Topliss-reactive ketones (excluding diaryl/α,β-unsaturated/α-hetero) is 1. The SMILES string of the molecule is CCC(=O)c1sc(N2CCC(C(C)C)C2)c(C2CC2)c1N. The van der Waals surface area contributed by atoms with Crippen molar-refractivity contribution in [2.24, 2.45) is 11.8 Å². The second kappa shape index (κ2) is 5.64. The number of thiophene rings is 1. The van der Waals surface area contributed by atoms with Gasteiger partial charge in [-0.1, -0.05) is 20.8 Å². The summed E-state index contributed by atoms with van der Waals surface area (Å²) >= 11 is 1.65. The zero-order chi connectivity index (χ0) is 15.1. The zero-order valence-corrected chi connectivity index (χ0v) is 14.1. The smallest absolute Gasteiger partial charge is 0.174 e. The van der Waals surface area contributed by atoms with E-state index in [4.69, 9.17) is 5.73 Å². The summed E-state index contributed by atoms with van der Waals surface area (Å²) in [6.45, 7) is 8.78. The summed E-state index contributed by atoms with van der Waals surface area (Å²) in [5.74, 6) is 2.30. The fourth-order valence-electron chi connectivity index (χ4n) is 3.33. The van der Waals surface area contributed by atoms with Crippen LogP contribution in [0, 0.1) is 11.8 Å². The second-order valence-electron chi connectivity index (χ2n) is 6.85. The van der Waals surface area contributed by atoms with E-state index >= 15 is 0 Å². The van der Waals surface area contributed by atoms with Crippen LogP contribution in [0.2, 0.25) is 0 Å². The maximum Gasteiger partial charge on any atom is 0.174 e. The van der Waals surface area contributed by atoms with Crippen LogP contribution in [0.15, 0.2) is 0 Å². The lowest BCUT2D eigenvalue weighted by Gasteiger charge is -2.20. The highest BCUT2D eigenvalue weighted by molar-refractivity contribution is 7.19. The van der Waals surface area contributed by atoms with Gasteiger partial charge in [0, 0.05) is 25.1 Å². The van der Waals surface area contributed by atoms with Crippen molar-refractivity contribution in [1.29, 1.82) is 0 Å². The highest BCUT2D eigenvalue weighted by Crippen LogP contribution is 2.53. The van der Waals surface area contributed by atoms with Gasteiger partial charge < -0.3 is 10.6 Å². The number of nitrogen functional groups attached to an aromatic ring is 1. The lowest BCUT2D eigenvalue weighted by molar-refractivity contribution is 0.0993. The molecule has 2 aliphatic rings. The minimum Gasteiger partial charge on any atom is -0.397 e. The van der Waals surface area contributed by atoms with Crippen LogP contribution in [0.4, 0.5) is 10.7 Å². The second-order valence-corrected chi connectivity index (χ2v) is 7.85. The average Bonchev–Trinajstić information content (AvgIpc) is 3.05. The molecule has 2 fully saturated rings. The highest BCUT2D eigenvalue weighted by Gasteiger charge is 2.36. The monoisotopic (exact) mass is 306 g/mol. The third kappa shape index (κ3) is 2.70. The molecule has 1 saturated carbocycles. The van der Waals surface area contributed by atoms with Gasteiger partial charge in [-0.2, -0.15) is 0 Å². The summed E-state index contributed by atoms with van der Waals surface area (Å²) in [7, 11) is 0. The molecule has 21 heavy (non-hydrogen) atoms. The highest BCUT2D eigenvalue weighted by atomic mass is 32.1. The van der Waals surface area contributed by atoms with E-state index in [0.29, 0.717) is 12.3 Å². The quantitative estimate of drug-likeness (QED) is 0.826. The molecule has 1 unspecified atom stereocenters. The van der Waals surface area contributed by atoms with Gasteiger partial charge in [-0.05, 0) is 37.0 Å². The van der Waals surface area contributed by atoms with E-state index < -0.39 is 0 Å². The minimum atomic E-state index is 0.199. The van der Waals surface area contributed by atoms with Gasteiger partial charge >= 0.3 is 0 Å². The summed E-state index contributed by atoms with van der Waals surface area (Å²) in [5.41, 5.74) is 8.43. The fraction of sp³-hybridized carbons (Fsp3) is 0.706. The van der Waals surface area contributed by atoms with Crippen LogP contribution in [0.1, 0.15) is 67.6 Å². The molecule has 0 bridgehead atoms. The van der Waals surface area contributed by atoms with Gasteiger partial charge in [0.15, 0.2) is 5.78 Å². The first-order valence-corrected chi connectivity index (χ1v) is 9.04. The number of carbonyl (C=O) groups excluding carboxylic acids is 1. The Bertz CT molecular complexity index is 545. The number of rotatable bonds is 5. The van der Waals surface area contributed by atoms with Gasteiger partial charge in [0.1, 0.15) is 0 Å². The van der Waals surface area contributed by atoms with Crippen LogP contribution >= 0.6 is 11.3 Å². The van der Waals surface area contributed by atoms with Crippen molar-refractivity contribution >= 4 is 27.8 Å². The van der Waals surface area contributed by atoms with Crippen LogP contribution in [0.5, 0.6) is 0 Å². The Morgan fingerprint density at radius 1 is 1.38 bits per heavy atom. The third-order valence-electron chi connectivity index (χ3n) is 4.98. The topological polar surface area (TPSA) is 46.3 Å². The Balaban J connectivity index is 1.93. The minimum absolute atomic E-state index is 0.199. The normalized spacial score (nSPS) is 22.3. The molecular weight excluding hydrogens is 280 g/mol. The standard InChI is InChI=1S/C17H26N2OS/c1-4-13(20)16-15(18)14(11-5-6-11)17(21-16)19-8-7-12(9-19)10(2)3/h10-12H,4-9,18H2,1-3H3. The molecule has 4 heteroatoms. The van der Waals surface area contributed by atoms with E-state index in [1.54, 1.807) is 11.3 Å². The van der Waals surface area contributed by atoms with Crippen LogP contribution in [0.25, 0.3) is 0 Å².